The van der Waals surface area contributed by atoms with Crippen molar-refractivity contribution in [3.8, 4) is 17.1 Å². The normalized spacial score (nSPS) is 10.7. The van der Waals surface area contributed by atoms with E-state index in [4.69, 9.17) is 17.3 Å². The number of nitrogens with two attached hydrogens (primary N) is 3. The molecular weight excluding hydrogens is 244 g/mol. The Morgan fingerprint density at radius 1 is 1.00 bits per heavy atom. The second kappa shape index (κ2) is 4.02. The highest BCUT2D eigenvalue weighted by atomic mass is 15.4. The van der Waals surface area contributed by atoms with E-state index in [1.165, 1.54) is 4.68 Å². The van der Waals surface area contributed by atoms with Crippen LogP contribution < -0.4 is 17.3 Å². The van der Waals surface area contributed by atoms with Crippen molar-refractivity contribution in [1.82, 2.24) is 24.7 Å². The first-order valence-corrected chi connectivity index (χ1v) is 5.53. The molecule has 0 atom stereocenters. The Balaban J connectivity index is 2.12. The van der Waals surface area contributed by atoms with Gasteiger partial charge in [0.05, 0.1) is 17.4 Å². The molecule has 0 aliphatic heterocycles. The molecule has 0 spiro atoms. The van der Waals surface area contributed by atoms with Gasteiger partial charge in [-0.05, 0) is 12.1 Å². The fourth-order valence-electron chi connectivity index (χ4n) is 1.79. The van der Waals surface area contributed by atoms with Crippen LogP contribution >= 0.6 is 0 Å². The van der Waals surface area contributed by atoms with Crippen molar-refractivity contribution in [1.29, 1.82) is 0 Å². The number of hydrogen-bond acceptors (Lipinski definition) is 6. The molecule has 0 aliphatic rings. The molecule has 0 saturated heterocycles. The van der Waals surface area contributed by atoms with Crippen LogP contribution in [0.2, 0.25) is 0 Å². The van der Waals surface area contributed by atoms with E-state index in [-0.39, 0.29) is 5.95 Å². The topological polar surface area (TPSA) is 127 Å². The van der Waals surface area contributed by atoms with E-state index in [1.807, 2.05) is 30.3 Å². The third kappa shape index (κ3) is 1.66. The van der Waals surface area contributed by atoms with Crippen molar-refractivity contribution >= 4 is 11.8 Å². The van der Waals surface area contributed by atoms with E-state index >= 15 is 0 Å². The molecule has 0 saturated carbocycles. The monoisotopic (exact) mass is 256 g/mol. The van der Waals surface area contributed by atoms with Gasteiger partial charge in [-0.2, -0.15) is 5.10 Å². The summed E-state index contributed by atoms with van der Waals surface area (Å²) in [6.45, 7) is 0. The lowest BCUT2D eigenvalue weighted by atomic mass is 10.3. The molecule has 3 aromatic rings. The first kappa shape index (κ1) is 11.1. The number of rotatable bonds is 2. The average molecular weight is 256 g/mol. The van der Waals surface area contributed by atoms with E-state index < -0.39 is 0 Å². The molecule has 0 unspecified atom stereocenters. The standard InChI is InChI=1S/C11H12N8/c12-9-8(10-16-17-11(13)18(10)14)6-15-19(9)7-4-2-1-3-5-7/h1-6H,12,14H2,(H2,13,17). The van der Waals surface area contributed by atoms with Crippen LogP contribution in [0, 0.1) is 0 Å². The van der Waals surface area contributed by atoms with E-state index in [0.717, 1.165) is 5.69 Å². The van der Waals surface area contributed by atoms with Crippen molar-refractivity contribution in [3.63, 3.8) is 0 Å². The summed E-state index contributed by atoms with van der Waals surface area (Å²) in [5, 5.41) is 11.8. The van der Waals surface area contributed by atoms with Crippen LogP contribution in [-0.2, 0) is 0 Å². The average Bonchev–Trinajstić information content (AvgIpc) is 2.96. The Hall–Kier alpha value is -3.03. The summed E-state index contributed by atoms with van der Waals surface area (Å²) in [4.78, 5) is 0. The molecule has 6 N–H and O–H groups in total. The number of nitrogens with zero attached hydrogens (tertiary/aromatic N) is 5. The van der Waals surface area contributed by atoms with Crippen LogP contribution in [0.4, 0.5) is 11.8 Å². The van der Waals surface area contributed by atoms with E-state index in [0.29, 0.717) is 17.2 Å². The minimum absolute atomic E-state index is 0.113. The summed E-state index contributed by atoms with van der Waals surface area (Å²) in [5.74, 6) is 6.63. The lowest BCUT2D eigenvalue weighted by molar-refractivity contribution is 0.891. The second-order valence-corrected chi connectivity index (χ2v) is 3.94. The number of para-hydroxylation sites is 1. The molecule has 0 aliphatic carbocycles. The molecule has 0 radical (unpaired) electrons. The van der Waals surface area contributed by atoms with Crippen LogP contribution in [0.5, 0.6) is 0 Å². The Bertz CT molecular complexity index is 712. The molecule has 0 amide bonds. The summed E-state index contributed by atoms with van der Waals surface area (Å²) < 4.78 is 2.77. The van der Waals surface area contributed by atoms with Crippen LogP contribution in [0.1, 0.15) is 0 Å². The van der Waals surface area contributed by atoms with Gasteiger partial charge in [0.2, 0.25) is 5.95 Å². The molecule has 1 aromatic carbocycles. The highest BCUT2D eigenvalue weighted by Crippen LogP contribution is 2.25. The number of nitrogen functional groups attached to an aromatic ring is 3. The quantitative estimate of drug-likeness (QED) is 0.554. The molecule has 96 valence electrons. The number of benzene rings is 1. The molecule has 8 nitrogen and oxygen atoms in total. The molecule has 19 heavy (non-hydrogen) atoms. The van der Waals surface area contributed by atoms with Gasteiger partial charge in [-0.1, -0.05) is 18.2 Å². The third-order valence-electron chi connectivity index (χ3n) is 2.77. The van der Waals surface area contributed by atoms with Gasteiger partial charge in [-0.3, -0.25) is 0 Å². The van der Waals surface area contributed by atoms with Crippen molar-refractivity contribution in [3.05, 3.63) is 36.5 Å². The minimum Gasteiger partial charge on any atom is -0.383 e. The summed E-state index contributed by atoms with van der Waals surface area (Å²) in [7, 11) is 0. The van der Waals surface area contributed by atoms with Gasteiger partial charge in [-0.15, -0.1) is 10.2 Å². The van der Waals surface area contributed by atoms with E-state index in [2.05, 4.69) is 15.3 Å². The van der Waals surface area contributed by atoms with Gasteiger partial charge in [0.25, 0.3) is 0 Å². The summed E-state index contributed by atoms with van der Waals surface area (Å²) in [6, 6.07) is 9.52. The number of aromatic nitrogens is 5. The van der Waals surface area contributed by atoms with Gasteiger partial charge in [-0.25, -0.2) is 9.36 Å². The van der Waals surface area contributed by atoms with Crippen molar-refractivity contribution in [2.75, 3.05) is 17.3 Å². The van der Waals surface area contributed by atoms with Crippen molar-refractivity contribution < 1.29 is 0 Å². The Morgan fingerprint density at radius 2 is 1.74 bits per heavy atom. The highest BCUT2D eigenvalue weighted by molar-refractivity contribution is 5.70. The lowest BCUT2D eigenvalue weighted by Crippen LogP contribution is -2.13. The fourth-order valence-corrected chi connectivity index (χ4v) is 1.79. The molecule has 2 aromatic heterocycles. The van der Waals surface area contributed by atoms with Crippen LogP contribution in [0.3, 0.4) is 0 Å². The fraction of sp³-hybridized carbons (Fsp3) is 0. The largest absolute Gasteiger partial charge is 0.383 e. The maximum Gasteiger partial charge on any atom is 0.241 e. The molecule has 8 heteroatoms. The zero-order valence-corrected chi connectivity index (χ0v) is 9.93. The predicted octanol–water partition coefficient (Wildman–Crippen LogP) is 0.00900. The van der Waals surface area contributed by atoms with Crippen LogP contribution in [0.25, 0.3) is 17.1 Å². The summed E-state index contributed by atoms with van der Waals surface area (Å²) in [6.07, 6.45) is 1.58. The first-order valence-electron chi connectivity index (χ1n) is 5.53. The molecule has 3 rings (SSSR count). The van der Waals surface area contributed by atoms with Crippen LogP contribution in [-0.4, -0.2) is 24.7 Å². The summed E-state index contributed by atoms with van der Waals surface area (Å²) >= 11 is 0. The zero-order chi connectivity index (χ0) is 13.4. The summed E-state index contributed by atoms with van der Waals surface area (Å²) in [5.41, 5.74) is 13.0. The Kier molecular flexibility index (Phi) is 2.34. The number of anilines is 2. The highest BCUT2D eigenvalue weighted by Gasteiger charge is 2.17. The van der Waals surface area contributed by atoms with Crippen LogP contribution in [0.15, 0.2) is 36.5 Å². The maximum atomic E-state index is 6.07. The third-order valence-corrected chi connectivity index (χ3v) is 2.77. The predicted molar refractivity (Wildman–Crippen MR) is 71.6 cm³/mol. The van der Waals surface area contributed by atoms with Crippen molar-refractivity contribution in [2.45, 2.75) is 0 Å². The Labute approximate surface area is 108 Å². The Morgan fingerprint density at radius 3 is 2.37 bits per heavy atom. The molecule has 0 bridgehead atoms. The second-order valence-electron chi connectivity index (χ2n) is 3.94. The van der Waals surface area contributed by atoms with Gasteiger partial charge < -0.3 is 17.3 Å². The minimum atomic E-state index is 0.113. The van der Waals surface area contributed by atoms with E-state index in [9.17, 15) is 0 Å². The van der Waals surface area contributed by atoms with Gasteiger partial charge in [0.15, 0.2) is 5.82 Å². The van der Waals surface area contributed by atoms with Gasteiger partial charge in [0.1, 0.15) is 5.82 Å². The molecule has 0 fully saturated rings. The smallest absolute Gasteiger partial charge is 0.241 e. The van der Waals surface area contributed by atoms with Gasteiger partial charge >= 0.3 is 0 Å². The SMILES string of the molecule is Nc1c(-c2nnc(N)n2N)cnn1-c1ccccc1. The number of hydrogen-bond donors (Lipinski definition) is 3. The molecule has 2 heterocycles. The molecular formula is C11H12N8. The zero-order valence-electron chi connectivity index (χ0n) is 9.93. The van der Waals surface area contributed by atoms with E-state index in [1.54, 1.807) is 10.9 Å². The first-order chi connectivity index (χ1) is 9.18. The van der Waals surface area contributed by atoms with Crippen molar-refractivity contribution in [2.24, 2.45) is 0 Å². The maximum absolute atomic E-state index is 6.07. The lowest BCUT2D eigenvalue weighted by Gasteiger charge is -2.04. The van der Waals surface area contributed by atoms with Gasteiger partial charge in [0, 0.05) is 0 Å².